The predicted octanol–water partition coefficient (Wildman–Crippen LogP) is -1.71. The molecule has 16 heteroatoms. The molecule has 3 rings (SSSR count). The molecule has 2 aliphatic heterocycles. The van der Waals surface area contributed by atoms with Gasteiger partial charge in [0.15, 0.2) is 24.4 Å². The minimum absolute atomic E-state index is 0.00383. The molecule has 0 aliphatic carbocycles. The van der Waals surface area contributed by atoms with Gasteiger partial charge in [-0.3, -0.25) is 14.4 Å². The van der Waals surface area contributed by atoms with Gasteiger partial charge in [-0.15, -0.1) is 0 Å². The Kier molecular flexibility index (Phi) is 11.6. The second-order valence-electron chi connectivity index (χ2n) is 9.65. The van der Waals surface area contributed by atoms with E-state index in [4.69, 9.17) is 33.2 Å². The molecule has 1 aromatic carbocycles. The van der Waals surface area contributed by atoms with Gasteiger partial charge in [-0.1, -0.05) is 12.1 Å². The molecule has 0 aromatic heterocycles. The van der Waals surface area contributed by atoms with E-state index < -0.39 is 98.5 Å². The number of aliphatic hydroxyl groups is 4. The number of esters is 4. The predicted molar refractivity (Wildman–Crippen MR) is 138 cm³/mol. The minimum atomic E-state index is -2.47. The van der Waals surface area contributed by atoms with Crippen molar-refractivity contribution in [1.29, 1.82) is 0 Å². The third kappa shape index (κ3) is 8.26. The smallest absolute Gasteiger partial charge is 0.331 e. The van der Waals surface area contributed by atoms with Gasteiger partial charge < -0.3 is 58.7 Å². The molecule has 16 nitrogen and oxygen atoms in total. The first-order valence-corrected chi connectivity index (χ1v) is 13.0. The van der Waals surface area contributed by atoms with Crippen LogP contribution in [0.2, 0.25) is 0 Å². The molecule has 1 aromatic rings. The summed E-state index contributed by atoms with van der Waals surface area (Å²) in [5.74, 6) is -6.20. The van der Waals surface area contributed by atoms with E-state index in [1.54, 1.807) is 0 Å². The Morgan fingerprint density at radius 3 is 1.93 bits per heavy atom. The maximum Gasteiger partial charge on any atom is 0.331 e. The summed E-state index contributed by atoms with van der Waals surface area (Å²) in [5, 5.41) is 50.4. The molecule has 2 saturated heterocycles. The number of phenols is 1. The zero-order valence-corrected chi connectivity index (χ0v) is 23.4. The van der Waals surface area contributed by atoms with Crippen molar-refractivity contribution in [2.24, 2.45) is 0 Å². The Bertz CT molecular complexity index is 1170. The molecule has 238 valence electrons. The Morgan fingerprint density at radius 2 is 1.40 bits per heavy atom. The molecule has 0 spiro atoms. The van der Waals surface area contributed by atoms with Crippen molar-refractivity contribution in [3.8, 4) is 5.75 Å². The van der Waals surface area contributed by atoms with Gasteiger partial charge in [-0.2, -0.15) is 0 Å². The van der Waals surface area contributed by atoms with Crippen LogP contribution >= 0.6 is 0 Å². The van der Waals surface area contributed by atoms with Gasteiger partial charge in [0.1, 0.15) is 30.7 Å². The molecule has 0 radical (unpaired) electrons. The molecule has 2 heterocycles. The van der Waals surface area contributed by atoms with Crippen molar-refractivity contribution in [1.82, 2.24) is 0 Å². The van der Waals surface area contributed by atoms with Gasteiger partial charge >= 0.3 is 23.9 Å². The SMILES string of the molecule is CC(=O)OC1C(OC2(CO)OC(CO)C(OC(C)=O)C2OC(=O)C=Cc2ccc(O)cc2)OC(CO)C(O)C1OC(C)=O. The standard InChI is InChI=1S/C27H34O16/c1-13(31)37-22-19(11-29)42-27(12-30,25(22)41-20(35)9-6-16-4-7-17(34)8-5-16)43-26-24(39-15(3)33)23(38-14(2)32)21(36)18(10-28)40-26/h4-9,18-19,21-26,28-30,34,36H,10-12H2,1-3H3. The summed E-state index contributed by atoms with van der Waals surface area (Å²) in [6.07, 6.45) is -10.8. The van der Waals surface area contributed by atoms with Crippen LogP contribution in [0.3, 0.4) is 0 Å². The van der Waals surface area contributed by atoms with E-state index in [-0.39, 0.29) is 5.75 Å². The lowest BCUT2D eigenvalue weighted by atomic mass is 9.98. The summed E-state index contributed by atoms with van der Waals surface area (Å²) in [6, 6.07) is 5.77. The van der Waals surface area contributed by atoms with Crippen LogP contribution in [0.1, 0.15) is 26.3 Å². The van der Waals surface area contributed by atoms with Crippen molar-refractivity contribution in [2.45, 2.75) is 75.6 Å². The van der Waals surface area contributed by atoms with E-state index in [0.29, 0.717) is 5.56 Å². The first kappa shape index (κ1) is 33.9. The molecule has 9 unspecified atom stereocenters. The average Bonchev–Trinajstić information content (AvgIpc) is 3.22. The second-order valence-corrected chi connectivity index (χ2v) is 9.65. The van der Waals surface area contributed by atoms with Gasteiger partial charge in [-0.05, 0) is 23.8 Å². The summed E-state index contributed by atoms with van der Waals surface area (Å²) in [4.78, 5) is 48.6. The van der Waals surface area contributed by atoms with Gasteiger partial charge in [-0.25, -0.2) is 4.79 Å². The summed E-state index contributed by atoms with van der Waals surface area (Å²) >= 11 is 0. The zero-order valence-electron chi connectivity index (χ0n) is 23.4. The minimum Gasteiger partial charge on any atom is -0.508 e. The van der Waals surface area contributed by atoms with Crippen LogP contribution in [0.5, 0.6) is 5.75 Å². The molecule has 0 bridgehead atoms. The topological polar surface area (TPSA) is 234 Å². The fraction of sp³-hybridized carbons (Fsp3) is 0.556. The van der Waals surface area contributed by atoms with Gasteiger partial charge in [0.2, 0.25) is 12.1 Å². The van der Waals surface area contributed by atoms with Crippen LogP contribution < -0.4 is 0 Å². The van der Waals surface area contributed by atoms with Crippen molar-refractivity contribution in [3.63, 3.8) is 0 Å². The van der Waals surface area contributed by atoms with Crippen LogP contribution in [-0.2, 0) is 52.3 Å². The molecule has 5 N–H and O–H groups in total. The van der Waals surface area contributed by atoms with Crippen molar-refractivity contribution in [2.75, 3.05) is 19.8 Å². The largest absolute Gasteiger partial charge is 0.508 e. The van der Waals surface area contributed by atoms with E-state index in [0.717, 1.165) is 26.8 Å². The lowest BCUT2D eigenvalue weighted by molar-refractivity contribution is -0.384. The number of carbonyl (C=O) groups is 4. The molecule has 9 atom stereocenters. The van der Waals surface area contributed by atoms with Crippen LogP contribution in [-0.4, -0.2) is 124 Å². The van der Waals surface area contributed by atoms with Gasteiger partial charge in [0, 0.05) is 26.8 Å². The normalized spacial score (nSPS) is 32.3. The number of carbonyl (C=O) groups excluding carboxylic acids is 4. The summed E-state index contributed by atoms with van der Waals surface area (Å²) in [6.45, 7) is 0.294. The van der Waals surface area contributed by atoms with E-state index in [1.807, 2.05) is 0 Å². The molecular weight excluding hydrogens is 580 g/mol. The number of phenolic OH excluding ortho intramolecular Hbond substituents is 1. The molecular formula is C27H34O16. The Labute approximate surface area is 245 Å². The second kappa shape index (κ2) is 14.7. The summed E-state index contributed by atoms with van der Waals surface area (Å²) in [7, 11) is 0. The quantitative estimate of drug-likeness (QED) is 0.106. The third-order valence-corrected chi connectivity index (χ3v) is 6.42. The molecule has 2 aliphatic rings. The Balaban J connectivity index is 2.01. The number of rotatable bonds is 11. The number of hydrogen-bond donors (Lipinski definition) is 5. The highest BCUT2D eigenvalue weighted by Crippen LogP contribution is 2.40. The summed E-state index contributed by atoms with van der Waals surface area (Å²) in [5.41, 5.74) is 0.497. The fourth-order valence-corrected chi connectivity index (χ4v) is 4.61. The highest BCUT2D eigenvalue weighted by Gasteiger charge is 2.63. The van der Waals surface area contributed by atoms with Crippen LogP contribution in [0, 0.1) is 0 Å². The maximum absolute atomic E-state index is 12.9. The van der Waals surface area contributed by atoms with Crippen molar-refractivity contribution < 1.29 is 77.9 Å². The van der Waals surface area contributed by atoms with Crippen LogP contribution in [0.25, 0.3) is 6.08 Å². The monoisotopic (exact) mass is 614 g/mol. The highest BCUT2D eigenvalue weighted by molar-refractivity contribution is 5.87. The van der Waals surface area contributed by atoms with Gasteiger partial charge in [0.25, 0.3) is 0 Å². The van der Waals surface area contributed by atoms with Crippen molar-refractivity contribution >= 4 is 30.0 Å². The lowest BCUT2D eigenvalue weighted by Gasteiger charge is -2.45. The van der Waals surface area contributed by atoms with E-state index in [2.05, 4.69) is 0 Å². The Morgan fingerprint density at radius 1 is 0.837 bits per heavy atom. The number of aromatic hydroxyl groups is 1. The van der Waals surface area contributed by atoms with E-state index in [9.17, 15) is 44.7 Å². The lowest BCUT2D eigenvalue weighted by Crippen LogP contribution is -2.64. The van der Waals surface area contributed by atoms with Gasteiger partial charge in [0.05, 0.1) is 13.2 Å². The van der Waals surface area contributed by atoms with E-state index >= 15 is 0 Å². The highest BCUT2D eigenvalue weighted by atomic mass is 16.8. The number of hydrogen-bond acceptors (Lipinski definition) is 16. The number of aliphatic hydroxyl groups excluding tert-OH is 4. The first-order valence-electron chi connectivity index (χ1n) is 13.0. The molecule has 43 heavy (non-hydrogen) atoms. The molecule has 2 fully saturated rings. The molecule has 0 saturated carbocycles. The van der Waals surface area contributed by atoms with Crippen LogP contribution in [0.4, 0.5) is 0 Å². The Hall–Kier alpha value is -3.64. The molecule has 0 amide bonds. The zero-order chi connectivity index (χ0) is 31.9. The number of ether oxygens (including phenoxy) is 7. The maximum atomic E-state index is 12.9. The third-order valence-electron chi connectivity index (χ3n) is 6.42. The average molecular weight is 615 g/mol. The van der Waals surface area contributed by atoms with E-state index in [1.165, 1.54) is 30.3 Å². The van der Waals surface area contributed by atoms with Crippen LogP contribution in [0.15, 0.2) is 30.3 Å². The fourth-order valence-electron chi connectivity index (χ4n) is 4.61. The first-order chi connectivity index (χ1) is 20.3. The number of benzene rings is 1. The summed E-state index contributed by atoms with van der Waals surface area (Å²) < 4.78 is 38.4. The van der Waals surface area contributed by atoms with Crippen molar-refractivity contribution in [3.05, 3.63) is 35.9 Å².